The fourth-order valence-electron chi connectivity index (χ4n) is 3.19. The lowest BCUT2D eigenvalue weighted by atomic mass is 9.83. The Balaban J connectivity index is 2.63. The molecule has 0 spiro atoms. The first-order chi connectivity index (χ1) is 13.5. The maximum atomic E-state index is 13.0. The van der Waals surface area contributed by atoms with Gasteiger partial charge in [-0.3, -0.25) is 4.55 Å². The molecule has 1 atom stereocenters. The molecule has 3 aromatic carbocycles. The van der Waals surface area contributed by atoms with Crippen molar-refractivity contribution < 1.29 is 23.2 Å². The smallest absolute Gasteiger partial charge is 0.283 e. The van der Waals surface area contributed by atoms with Gasteiger partial charge in [0.05, 0.1) is 10.0 Å². The number of halogens is 4. The van der Waals surface area contributed by atoms with Crippen LogP contribution < -0.4 is 0 Å². The van der Waals surface area contributed by atoms with Gasteiger partial charge in [0.1, 0.15) is 11.5 Å². The number of phenols is 2. The van der Waals surface area contributed by atoms with Crippen LogP contribution in [0.1, 0.15) is 16.7 Å². The van der Waals surface area contributed by atoms with E-state index < -0.39 is 26.4 Å². The van der Waals surface area contributed by atoms with Crippen molar-refractivity contribution in [3.63, 3.8) is 0 Å². The van der Waals surface area contributed by atoms with Crippen LogP contribution in [0.5, 0.6) is 11.5 Å². The Hall–Kier alpha value is -1.67. The predicted molar refractivity (Wildman–Crippen MR) is 114 cm³/mol. The van der Waals surface area contributed by atoms with Gasteiger partial charge in [-0.1, -0.05) is 70.7 Å². The lowest BCUT2D eigenvalue weighted by Crippen LogP contribution is -2.39. The van der Waals surface area contributed by atoms with Crippen LogP contribution in [0.4, 0.5) is 0 Å². The van der Waals surface area contributed by atoms with Gasteiger partial charge in [0.15, 0.2) is 4.75 Å². The van der Waals surface area contributed by atoms with Crippen LogP contribution in [-0.2, 0) is 14.9 Å². The fourth-order valence-corrected chi connectivity index (χ4v) is 5.60. The number of phenolic OH excluding ortho intramolecular Hbond substituents is 2. The highest BCUT2D eigenvalue weighted by Gasteiger charge is 2.51. The Labute approximate surface area is 186 Å². The fraction of sp³-hybridized carbons (Fsp3) is 0.0526. The maximum absolute atomic E-state index is 13.0. The Kier molecular flexibility index (Phi) is 5.98. The first-order valence-corrected chi connectivity index (χ1v) is 10.8. The summed E-state index contributed by atoms with van der Waals surface area (Å²) in [6, 6.07) is 11.7. The normalized spacial score (nSPS) is 13.8. The summed E-state index contributed by atoms with van der Waals surface area (Å²) in [6.07, 6.45) is 0. The van der Waals surface area contributed by atoms with Crippen molar-refractivity contribution in [3.05, 3.63) is 91.4 Å². The van der Waals surface area contributed by atoms with Crippen LogP contribution >= 0.6 is 46.4 Å². The molecule has 0 saturated carbocycles. The van der Waals surface area contributed by atoms with E-state index in [-0.39, 0.29) is 36.8 Å². The van der Waals surface area contributed by atoms with Gasteiger partial charge in [-0.05, 0) is 35.9 Å². The minimum Gasteiger partial charge on any atom is -0.506 e. The highest BCUT2D eigenvalue weighted by atomic mass is 35.5. The highest BCUT2D eigenvalue weighted by Crippen LogP contribution is 2.51. The average molecular weight is 494 g/mol. The van der Waals surface area contributed by atoms with Crippen molar-refractivity contribution >= 4 is 56.5 Å². The summed E-state index contributed by atoms with van der Waals surface area (Å²) in [7, 11) is -5.09. The van der Waals surface area contributed by atoms with Crippen LogP contribution in [0.25, 0.3) is 0 Å². The molecule has 0 aliphatic heterocycles. The van der Waals surface area contributed by atoms with Crippen molar-refractivity contribution in [2.75, 3.05) is 0 Å². The molecular weight excluding hydrogens is 482 g/mol. The summed E-state index contributed by atoms with van der Waals surface area (Å²) in [5, 5.41) is 19.8. The third-order valence-corrected chi connectivity index (χ3v) is 7.09. The van der Waals surface area contributed by atoms with Gasteiger partial charge in [-0.2, -0.15) is 8.42 Å². The van der Waals surface area contributed by atoms with E-state index in [1.54, 1.807) is 0 Å². The van der Waals surface area contributed by atoms with Gasteiger partial charge < -0.3 is 10.2 Å². The molecule has 10 heteroatoms. The monoisotopic (exact) mass is 492 g/mol. The minimum atomic E-state index is -5.09. The van der Waals surface area contributed by atoms with Gasteiger partial charge in [0, 0.05) is 21.2 Å². The number of hydrogen-bond acceptors (Lipinski definition) is 4. The molecule has 0 heterocycles. The Morgan fingerprint density at radius 3 is 2.03 bits per heavy atom. The highest BCUT2D eigenvalue weighted by molar-refractivity contribution is 7.87. The molecular formula is C19H12Cl4O5S. The van der Waals surface area contributed by atoms with Gasteiger partial charge in [0.2, 0.25) is 0 Å². The molecule has 0 amide bonds. The second kappa shape index (κ2) is 7.87. The number of rotatable bonds is 4. The van der Waals surface area contributed by atoms with Crippen molar-refractivity contribution in [2.45, 2.75) is 4.75 Å². The van der Waals surface area contributed by atoms with E-state index >= 15 is 0 Å². The molecule has 152 valence electrons. The van der Waals surface area contributed by atoms with Gasteiger partial charge in [0.25, 0.3) is 10.1 Å². The molecule has 0 aromatic heterocycles. The van der Waals surface area contributed by atoms with Crippen LogP contribution in [-0.4, -0.2) is 23.2 Å². The summed E-state index contributed by atoms with van der Waals surface area (Å²) in [5.41, 5.74) is -0.463. The first-order valence-electron chi connectivity index (χ1n) is 7.89. The van der Waals surface area contributed by atoms with E-state index in [1.807, 2.05) is 0 Å². The number of benzene rings is 3. The van der Waals surface area contributed by atoms with Crippen molar-refractivity contribution in [2.24, 2.45) is 0 Å². The maximum Gasteiger partial charge on any atom is 0.283 e. The lowest BCUT2D eigenvalue weighted by Gasteiger charge is -2.34. The summed E-state index contributed by atoms with van der Waals surface area (Å²) in [6.45, 7) is 0. The molecule has 0 aliphatic carbocycles. The first kappa shape index (κ1) is 22.0. The molecule has 0 radical (unpaired) electrons. The van der Waals surface area contributed by atoms with Crippen LogP contribution in [0, 0.1) is 0 Å². The molecule has 29 heavy (non-hydrogen) atoms. The zero-order chi connectivity index (χ0) is 21.6. The quantitative estimate of drug-likeness (QED) is 0.311. The van der Waals surface area contributed by atoms with Gasteiger partial charge in [-0.25, -0.2) is 0 Å². The molecule has 0 aliphatic rings. The van der Waals surface area contributed by atoms with Crippen LogP contribution in [0.2, 0.25) is 20.1 Å². The Bertz CT molecular complexity index is 1210. The van der Waals surface area contributed by atoms with Crippen molar-refractivity contribution in [3.8, 4) is 11.5 Å². The Morgan fingerprint density at radius 1 is 0.759 bits per heavy atom. The van der Waals surface area contributed by atoms with Crippen LogP contribution in [0.15, 0.2) is 54.6 Å². The zero-order valence-electron chi connectivity index (χ0n) is 14.3. The van der Waals surface area contributed by atoms with E-state index in [4.69, 9.17) is 46.4 Å². The summed E-state index contributed by atoms with van der Waals surface area (Å²) >= 11 is 24.5. The van der Waals surface area contributed by atoms with Crippen molar-refractivity contribution in [1.82, 2.24) is 0 Å². The predicted octanol–water partition coefficient (Wildman–Crippen LogP) is 5.89. The number of aromatic hydroxyl groups is 2. The topological polar surface area (TPSA) is 94.8 Å². The second-order valence-corrected chi connectivity index (χ2v) is 9.28. The summed E-state index contributed by atoms with van der Waals surface area (Å²) in [4.78, 5) is 0. The second-order valence-electron chi connectivity index (χ2n) is 6.09. The van der Waals surface area contributed by atoms with Crippen molar-refractivity contribution in [1.29, 1.82) is 0 Å². The van der Waals surface area contributed by atoms with E-state index in [0.717, 1.165) is 12.1 Å². The third kappa shape index (κ3) is 3.65. The third-order valence-electron chi connectivity index (χ3n) is 4.39. The van der Waals surface area contributed by atoms with Gasteiger partial charge >= 0.3 is 0 Å². The molecule has 3 rings (SSSR count). The molecule has 0 saturated heterocycles. The molecule has 3 N–H and O–H groups in total. The van der Waals surface area contributed by atoms with E-state index in [1.165, 1.54) is 42.5 Å². The summed E-state index contributed by atoms with van der Waals surface area (Å²) in [5.74, 6) is -0.897. The average Bonchev–Trinajstić information content (AvgIpc) is 2.62. The molecule has 0 bridgehead atoms. The molecule has 0 fully saturated rings. The van der Waals surface area contributed by atoms with E-state index in [9.17, 15) is 23.2 Å². The van der Waals surface area contributed by atoms with E-state index in [2.05, 4.69) is 0 Å². The SMILES string of the molecule is O=S(=O)(O)C(c1cccc(Cl)c1)(c1cc(O)c(Cl)cc1Cl)c1cccc(O)c1Cl. The standard InChI is InChI=1S/C19H12Cl4O5S/c20-11-4-1-3-10(7-11)19(29(26,27)28,12-5-2-6-16(24)18(12)23)13-8-17(25)15(22)9-14(13)21/h1-9,24-25H,(H,26,27,28). The lowest BCUT2D eigenvalue weighted by molar-refractivity contribution is 0.455. The molecule has 3 aromatic rings. The minimum absolute atomic E-state index is 0.0244. The van der Waals surface area contributed by atoms with Crippen LogP contribution in [0.3, 0.4) is 0 Å². The zero-order valence-corrected chi connectivity index (χ0v) is 18.1. The molecule has 5 nitrogen and oxygen atoms in total. The molecule has 1 unspecified atom stereocenters. The summed E-state index contributed by atoms with van der Waals surface area (Å²) < 4.78 is 34.0. The van der Waals surface area contributed by atoms with E-state index in [0.29, 0.717) is 0 Å². The Morgan fingerprint density at radius 2 is 1.41 bits per heavy atom. The van der Waals surface area contributed by atoms with Gasteiger partial charge in [-0.15, -0.1) is 0 Å². The largest absolute Gasteiger partial charge is 0.506 e. The number of hydrogen-bond donors (Lipinski definition) is 3.